The number of carbonyl (C=O) groups excluding carboxylic acids is 2. The summed E-state index contributed by atoms with van der Waals surface area (Å²) in [6.45, 7) is -1.34. The van der Waals surface area contributed by atoms with Gasteiger partial charge in [-0.15, -0.1) is 0 Å². The first-order valence-corrected chi connectivity index (χ1v) is 9.38. The molecule has 0 atom stereocenters. The van der Waals surface area contributed by atoms with Gasteiger partial charge in [0.05, 0.1) is 6.42 Å². The van der Waals surface area contributed by atoms with E-state index < -0.39 is 6.61 Å². The summed E-state index contributed by atoms with van der Waals surface area (Å²) in [5, 5.41) is 2.82. The number of anilines is 2. The third-order valence-corrected chi connectivity index (χ3v) is 4.93. The molecule has 0 saturated carbocycles. The second kappa shape index (κ2) is 9.36. The average Bonchev–Trinajstić information content (AvgIpc) is 2.70. The Labute approximate surface area is 167 Å². The van der Waals surface area contributed by atoms with Crippen molar-refractivity contribution in [2.24, 2.45) is 11.7 Å². The highest BCUT2D eigenvalue weighted by Gasteiger charge is 2.23. The molecule has 3 rings (SSSR count). The minimum Gasteiger partial charge on any atom is -0.435 e. The maximum atomic E-state index is 12.2. The van der Waals surface area contributed by atoms with E-state index in [-0.39, 0.29) is 29.9 Å². The molecule has 2 aromatic carbocycles. The summed E-state index contributed by atoms with van der Waals surface area (Å²) in [5.41, 5.74) is 7.76. The Morgan fingerprint density at radius 1 is 1.07 bits per heavy atom. The van der Waals surface area contributed by atoms with Crippen molar-refractivity contribution < 1.29 is 23.1 Å². The molecule has 0 unspecified atom stereocenters. The number of carbonyl (C=O) groups is 2. The molecule has 0 aromatic heterocycles. The molecule has 3 N–H and O–H groups in total. The van der Waals surface area contributed by atoms with Crippen molar-refractivity contribution in [1.29, 1.82) is 0 Å². The van der Waals surface area contributed by atoms with Crippen molar-refractivity contribution in [1.82, 2.24) is 0 Å². The summed E-state index contributed by atoms with van der Waals surface area (Å²) < 4.78 is 28.6. The molecule has 29 heavy (non-hydrogen) atoms. The van der Waals surface area contributed by atoms with E-state index in [2.05, 4.69) is 15.0 Å². The maximum Gasteiger partial charge on any atom is 0.387 e. The van der Waals surface area contributed by atoms with E-state index >= 15 is 0 Å². The van der Waals surface area contributed by atoms with Gasteiger partial charge in [0.2, 0.25) is 11.8 Å². The van der Waals surface area contributed by atoms with Crippen molar-refractivity contribution in [2.75, 3.05) is 23.3 Å². The molecule has 1 aliphatic heterocycles. The van der Waals surface area contributed by atoms with Crippen molar-refractivity contribution in [3.05, 3.63) is 54.1 Å². The molecule has 1 saturated heterocycles. The fourth-order valence-corrected chi connectivity index (χ4v) is 3.36. The largest absolute Gasteiger partial charge is 0.435 e. The Balaban J connectivity index is 1.50. The van der Waals surface area contributed by atoms with Gasteiger partial charge in [0, 0.05) is 30.4 Å². The van der Waals surface area contributed by atoms with Crippen molar-refractivity contribution in [3.8, 4) is 5.75 Å². The average molecular weight is 403 g/mol. The van der Waals surface area contributed by atoms with Crippen molar-refractivity contribution >= 4 is 23.2 Å². The topological polar surface area (TPSA) is 84.7 Å². The number of piperidine rings is 1. The lowest BCUT2D eigenvalue weighted by Gasteiger charge is -2.32. The summed E-state index contributed by atoms with van der Waals surface area (Å²) in [7, 11) is 0. The normalized spacial score (nSPS) is 14.7. The van der Waals surface area contributed by atoms with Crippen LogP contribution in [0.4, 0.5) is 20.2 Å². The zero-order chi connectivity index (χ0) is 20.8. The Morgan fingerprint density at radius 2 is 1.69 bits per heavy atom. The number of ether oxygens (including phenoxy) is 1. The monoisotopic (exact) mass is 403 g/mol. The van der Waals surface area contributed by atoms with Crippen LogP contribution in [0.15, 0.2) is 48.5 Å². The van der Waals surface area contributed by atoms with Gasteiger partial charge in [-0.1, -0.05) is 12.1 Å². The Kier molecular flexibility index (Phi) is 6.64. The third-order valence-electron chi connectivity index (χ3n) is 4.93. The van der Waals surface area contributed by atoms with E-state index in [1.165, 1.54) is 12.1 Å². The molecule has 0 radical (unpaired) electrons. The van der Waals surface area contributed by atoms with Crippen molar-refractivity contribution in [3.63, 3.8) is 0 Å². The molecule has 8 heteroatoms. The van der Waals surface area contributed by atoms with Gasteiger partial charge in [-0.3, -0.25) is 9.59 Å². The fraction of sp³-hybridized carbons (Fsp3) is 0.333. The lowest BCUT2D eigenvalue weighted by molar-refractivity contribution is -0.122. The zero-order valence-electron chi connectivity index (χ0n) is 15.8. The van der Waals surface area contributed by atoms with Crippen LogP contribution in [0.2, 0.25) is 0 Å². The number of hydrogen-bond acceptors (Lipinski definition) is 4. The molecule has 2 amide bonds. The van der Waals surface area contributed by atoms with E-state index in [1.807, 2.05) is 24.3 Å². The van der Waals surface area contributed by atoms with E-state index in [1.54, 1.807) is 12.1 Å². The van der Waals surface area contributed by atoms with Crippen LogP contribution >= 0.6 is 0 Å². The molecule has 1 aliphatic rings. The minimum atomic E-state index is -2.87. The molecule has 0 bridgehead atoms. The highest BCUT2D eigenvalue weighted by Crippen LogP contribution is 2.24. The van der Waals surface area contributed by atoms with Crippen LogP contribution in [0.25, 0.3) is 0 Å². The van der Waals surface area contributed by atoms with Gasteiger partial charge in [0.1, 0.15) is 5.75 Å². The lowest BCUT2D eigenvalue weighted by atomic mass is 9.96. The molecule has 2 aromatic rings. The molecule has 0 aliphatic carbocycles. The van der Waals surface area contributed by atoms with Gasteiger partial charge in [-0.2, -0.15) is 8.78 Å². The predicted octanol–water partition coefficient (Wildman–Crippen LogP) is 3.17. The standard InChI is InChI=1S/C21H23F2N3O3/c22-21(23)29-18-7-1-14(2-8-18)13-19(27)25-16-3-5-17(6-4-16)26-11-9-15(10-12-26)20(24)28/h1-8,15,21H,9-13H2,(H2,24,28)(H,25,27). The maximum absolute atomic E-state index is 12.2. The number of benzene rings is 2. The van der Waals surface area contributed by atoms with Crippen LogP contribution in [-0.2, 0) is 16.0 Å². The molecular formula is C21H23F2N3O3. The van der Waals surface area contributed by atoms with Crippen molar-refractivity contribution in [2.45, 2.75) is 25.9 Å². The first-order chi connectivity index (χ1) is 13.9. The van der Waals surface area contributed by atoms with Crippen LogP contribution in [0.1, 0.15) is 18.4 Å². The number of rotatable bonds is 7. The number of primary amides is 1. The number of alkyl halides is 2. The quantitative estimate of drug-likeness (QED) is 0.744. The Bertz CT molecular complexity index is 833. The van der Waals surface area contributed by atoms with Crippen LogP contribution < -0.4 is 20.7 Å². The summed E-state index contributed by atoms with van der Waals surface area (Å²) >= 11 is 0. The van der Waals surface area contributed by atoms with E-state index in [9.17, 15) is 18.4 Å². The summed E-state index contributed by atoms with van der Waals surface area (Å²) in [6.07, 6.45) is 1.61. The van der Waals surface area contributed by atoms with Crippen LogP contribution in [-0.4, -0.2) is 31.5 Å². The smallest absolute Gasteiger partial charge is 0.387 e. The number of halogens is 2. The molecule has 1 heterocycles. The minimum absolute atomic E-state index is 0.0548. The number of nitrogens with zero attached hydrogens (tertiary/aromatic N) is 1. The lowest BCUT2D eigenvalue weighted by Crippen LogP contribution is -2.38. The highest BCUT2D eigenvalue weighted by atomic mass is 19.3. The number of hydrogen-bond donors (Lipinski definition) is 2. The zero-order valence-corrected chi connectivity index (χ0v) is 15.8. The summed E-state index contributed by atoms with van der Waals surface area (Å²) in [5.74, 6) is -0.443. The Morgan fingerprint density at radius 3 is 2.24 bits per heavy atom. The van der Waals surface area contributed by atoms with Gasteiger partial charge in [0.25, 0.3) is 0 Å². The first kappa shape index (κ1) is 20.6. The first-order valence-electron chi connectivity index (χ1n) is 9.38. The molecule has 6 nitrogen and oxygen atoms in total. The second-order valence-electron chi connectivity index (χ2n) is 6.96. The molecule has 1 fully saturated rings. The van der Waals surface area contributed by atoms with Gasteiger partial charge < -0.3 is 20.7 Å². The number of nitrogens with two attached hydrogens (primary N) is 1. The SMILES string of the molecule is NC(=O)C1CCN(c2ccc(NC(=O)Cc3ccc(OC(F)F)cc3)cc2)CC1. The van der Waals surface area contributed by atoms with Crippen LogP contribution in [0.5, 0.6) is 5.75 Å². The van der Waals surface area contributed by atoms with Gasteiger partial charge in [0.15, 0.2) is 0 Å². The molecule has 154 valence electrons. The Hall–Kier alpha value is -3.16. The molecular weight excluding hydrogens is 380 g/mol. The van der Waals surface area contributed by atoms with Gasteiger partial charge in [-0.05, 0) is 54.8 Å². The van der Waals surface area contributed by atoms with E-state index in [4.69, 9.17) is 5.73 Å². The van der Waals surface area contributed by atoms with E-state index in [0.717, 1.165) is 31.6 Å². The van der Waals surface area contributed by atoms with Gasteiger partial charge in [-0.25, -0.2) is 0 Å². The highest BCUT2D eigenvalue weighted by molar-refractivity contribution is 5.92. The summed E-state index contributed by atoms with van der Waals surface area (Å²) in [6, 6.07) is 13.5. The summed E-state index contributed by atoms with van der Waals surface area (Å²) in [4.78, 5) is 25.7. The molecule has 0 spiro atoms. The van der Waals surface area contributed by atoms with E-state index in [0.29, 0.717) is 11.3 Å². The third kappa shape index (κ3) is 5.91. The van der Waals surface area contributed by atoms with Crippen LogP contribution in [0.3, 0.4) is 0 Å². The fourth-order valence-electron chi connectivity index (χ4n) is 3.36. The predicted molar refractivity (Wildman–Crippen MR) is 106 cm³/mol. The number of amides is 2. The van der Waals surface area contributed by atoms with Crippen LogP contribution in [0, 0.1) is 5.92 Å². The second-order valence-corrected chi connectivity index (χ2v) is 6.96. The number of nitrogens with one attached hydrogen (secondary N) is 1. The van der Waals surface area contributed by atoms with Gasteiger partial charge >= 0.3 is 6.61 Å².